The number of alkyl carbamates (subject to hydrolysis) is 1. The van der Waals surface area contributed by atoms with Crippen LogP contribution in [-0.2, 0) is 14.2 Å². The summed E-state index contributed by atoms with van der Waals surface area (Å²) in [5.74, 6) is 0.269. The van der Waals surface area contributed by atoms with Crippen LogP contribution < -0.4 is 16.0 Å². The Bertz CT molecular complexity index is 1360. The molecule has 198 valence electrons. The topological polar surface area (TPSA) is 115 Å². The molecule has 9 heteroatoms. The Labute approximate surface area is 225 Å². The summed E-state index contributed by atoms with van der Waals surface area (Å²) < 4.78 is 16.4. The fourth-order valence-corrected chi connectivity index (χ4v) is 3.49. The van der Waals surface area contributed by atoms with Crippen LogP contribution in [0.2, 0.25) is 0 Å². The Hall–Kier alpha value is -5.31. The molecule has 3 amide bonds. The number of hydrogen-bond donors (Lipinski definition) is 3. The van der Waals surface area contributed by atoms with Gasteiger partial charge in [-0.3, -0.25) is 10.6 Å². The van der Waals surface area contributed by atoms with E-state index >= 15 is 0 Å². The van der Waals surface area contributed by atoms with Gasteiger partial charge < -0.3 is 19.5 Å². The summed E-state index contributed by atoms with van der Waals surface area (Å²) in [5.41, 5.74) is 1.10. The van der Waals surface area contributed by atoms with Crippen LogP contribution in [0.1, 0.15) is 12.8 Å². The van der Waals surface area contributed by atoms with E-state index < -0.39 is 18.3 Å². The number of anilines is 2. The van der Waals surface area contributed by atoms with E-state index in [0.29, 0.717) is 11.4 Å². The first-order chi connectivity index (χ1) is 19.0. The number of para-hydroxylation sites is 2. The molecule has 0 heterocycles. The van der Waals surface area contributed by atoms with Gasteiger partial charge in [-0.25, -0.2) is 14.4 Å². The minimum absolute atomic E-state index is 0.00460. The van der Waals surface area contributed by atoms with Gasteiger partial charge in [-0.2, -0.15) is 0 Å². The largest absolute Gasteiger partial charge is 0.417 e. The summed E-state index contributed by atoms with van der Waals surface area (Å²) in [6, 6.07) is 17.2. The highest BCUT2D eigenvalue weighted by Crippen LogP contribution is 2.21. The van der Waals surface area contributed by atoms with Crippen molar-refractivity contribution in [1.29, 1.82) is 0 Å². The van der Waals surface area contributed by atoms with Crippen molar-refractivity contribution in [3.63, 3.8) is 0 Å². The Morgan fingerprint density at radius 2 is 1.31 bits per heavy atom. The lowest BCUT2D eigenvalue weighted by Crippen LogP contribution is -2.32. The molecular weight excluding hydrogens is 498 g/mol. The molecule has 0 fully saturated rings. The molecule has 1 atom stereocenters. The van der Waals surface area contributed by atoms with Crippen molar-refractivity contribution in [2.24, 2.45) is 0 Å². The maximum absolute atomic E-state index is 12.7. The van der Waals surface area contributed by atoms with Crippen LogP contribution in [0.3, 0.4) is 0 Å². The number of ether oxygens (including phenoxy) is 3. The first-order valence-electron chi connectivity index (χ1n) is 12.2. The molecule has 0 saturated heterocycles. The standard InChI is InChI=1S/C30H27N3O6/c34-28(31-23-14-8-4-9-15-23)37-25-18-19-26(38-29(35)32-24-16-10-5-11-17-24)21-27(20-25)39-30(36)33-22-12-6-2-1-3-7-13-22/h1-2,4-18,20-22H,3,19H2,(H,31,34)(H,32,35)(H,33,36)/b2-1-,12-6?,13-7?. The molecule has 1 unspecified atom stereocenters. The van der Waals surface area contributed by atoms with Crippen LogP contribution in [0.4, 0.5) is 25.8 Å². The molecule has 4 rings (SSSR count). The van der Waals surface area contributed by atoms with Crippen LogP contribution in [-0.4, -0.2) is 24.3 Å². The Morgan fingerprint density at radius 1 is 0.667 bits per heavy atom. The summed E-state index contributed by atoms with van der Waals surface area (Å²) in [6.45, 7) is 0. The first kappa shape index (κ1) is 26.7. The first-order valence-corrected chi connectivity index (χ1v) is 12.2. The quantitative estimate of drug-likeness (QED) is 0.285. The van der Waals surface area contributed by atoms with Gasteiger partial charge in [0.15, 0.2) is 0 Å². The van der Waals surface area contributed by atoms with Crippen LogP contribution >= 0.6 is 0 Å². The van der Waals surface area contributed by atoms with E-state index in [2.05, 4.69) is 16.0 Å². The maximum Gasteiger partial charge on any atom is 0.417 e. The fourth-order valence-electron chi connectivity index (χ4n) is 3.49. The number of amides is 3. The van der Waals surface area contributed by atoms with E-state index in [1.54, 1.807) is 54.6 Å². The van der Waals surface area contributed by atoms with E-state index in [0.717, 1.165) is 6.42 Å². The summed E-state index contributed by atoms with van der Waals surface area (Å²) in [6.07, 6.45) is 14.2. The zero-order chi connectivity index (χ0) is 27.3. The molecule has 0 bridgehead atoms. The summed E-state index contributed by atoms with van der Waals surface area (Å²) in [7, 11) is 0. The van der Waals surface area contributed by atoms with Gasteiger partial charge in [0.05, 0.1) is 6.04 Å². The molecule has 2 aromatic carbocycles. The van der Waals surface area contributed by atoms with E-state index in [1.807, 2.05) is 42.5 Å². The average Bonchev–Trinajstić information content (AvgIpc) is 3.07. The van der Waals surface area contributed by atoms with Crippen molar-refractivity contribution < 1.29 is 28.6 Å². The molecule has 0 spiro atoms. The fraction of sp³-hybridized carbons (Fsp3) is 0.100. The van der Waals surface area contributed by atoms with Crippen molar-refractivity contribution in [1.82, 2.24) is 5.32 Å². The second kappa shape index (κ2) is 13.8. The van der Waals surface area contributed by atoms with Crippen LogP contribution in [0.5, 0.6) is 0 Å². The molecule has 9 nitrogen and oxygen atoms in total. The van der Waals surface area contributed by atoms with Crippen LogP contribution in [0.25, 0.3) is 0 Å². The molecular formula is C30H27N3O6. The van der Waals surface area contributed by atoms with Gasteiger partial charge in [-0.1, -0.05) is 72.9 Å². The predicted octanol–water partition coefficient (Wildman–Crippen LogP) is 6.71. The molecule has 0 aliphatic heterocycles. The van der Waals surface area contributed by atoms with Gasteiger partial charge in [0.1, 0.15) is 17.3 Å². The average molecular weight is 526 g/mol. The highest BCUT2D eigenvalue weighted by Gasteiger charge is 2.17. The van der Waals surface area contributed by atoms with E-state index in [-0.39, 0.29) is 29.7 Å². The monoisotopic (exact) mass is 525 g/mol. The minimum atomic E-state index is -0.746. The van der Waals surface area contributed by atoms with Crippen molar-refractivity contribution in [3.05, 3.63) is 133 Å². The van der Waals surface area contributed by atoms with Gasteiger partial charge in [-0.15, -0.1) is 0 Å². The Morgan fingerprint density at radius 3 is 2.00 bits per heavy atom. The Kier molecular flexibility index (Phi) is 9.50. The van der Waals surface area contributed by atoms with Crippen LogP contribution in [0, 0.1) is 0 Å². The lowest BCUT2D eigenvalue weighted by molar-refractivity contribution is 0.176. The van der Waals surface area contributed by atoms with E-state index in [1.165, 1.54) is 18.2 Å². The van der Waals surface area contributed by atoms with E-state index in [4.69, 9.17) is 14.2 Å². The van der Waals surface area contributed by atoms with Crippen molar-refractivity contribution >= 4 is 29.7 Å². The molecule has 2 aliphatic carbocycles. The SMILES string of the molecule is O=C(Nc1ccccc1)OC1=CCC(OC(=O)Nc2ccccc2)=CC(OC(=O)NC2C=C/C=C\CC=C2)=C1. The summed E-state index contributed by atoms with van der Waals surface area (Å²) in [5, 5.41) is 7.97. The number of rotatable bonds is 6. The van der Waals surface area contributed by atoms with Crippen LogP contribution in [0.15, 0.2) is 133 Å². The van der Waals surface area contributed by atoms with Crippen molar-refractivity contribution in [2.45, 2.75) is 18.9 Å². The molecule has 0 aromatic heterocycles. The molecule has 39 heavy (non-hydrogen) atoms. The zero-order valence-electron chi connectivity index (χ0n) is 20.9. The number of nitrogens with one attached hydrogen (secondary N) is 3. The maximum atomic E-state index is 12.7. The molecule has 3 N–H and O–H groups in total. The third-order valence-corrected chi connectivity index (χ3v) is 5.24. The third kappa shape index (κ3) is 9.25. The Balaban J connectivity index is 1.46. The van der Waals surface area contributed by atoms with Crippen molar-refractivity contribution in [3.8, 4) is 0 Å². The van der Waals surface area contributed by atoms with Crippen molar-refractivity contribution in [2.75, 3.05) is 10.6 Å². The second-order valence-electron chi connectivity index (χ2n) is 8.27. The molecule has 0 radical (unpaired) electrons. The van der Waals surface area contributed by atoms with Gasteiger partial charge in [-0.05, 0) is 36.8 Å². The number of carbonyl (C=O) groups excluding carboxylic acids is 3. The minimum Gasteiger partial charge on any atom is -0.414 e. The highest BCUT2D eigenvalue weighted by molar-refractivity contribution is 5.86. The molecule has 2 aliphatic rings. The second-order valence-corrected chi connectivity index (χ2v) is 8.27. The third-order valence-electron chi connectivity index (χ3n) is 5.24. The molecule has 0 saturated carbocycles. The van der Waals surface area contributed by atoms with Gasteiger partial charge in [0, 0.05) is 29.9 Å². The predicted molar refractivity (Wildman–Crippen MR) is 147 cm³/mol. The molecule has 2 aromatic rings. The normalized spacial score (nSPS) is 17.0. The van der Waals surface area contributed by atoms with Gasteiger partial charge in [0.2, 0.25) is 0 Å². The number of hydrogen-bond acceptors (Lipinski definition) is 6. The lowest BCUT2D eigenvalue weighted by Gasteiger charge is -2.13. The number of benzene rings is 2. The smallest absolute Gasteiger partial charge is 0.414 e. The zero-order valence-corrected chi connectivity index (χ0v) is 20.9. The summed E-state index contributed by atoms with van der Waals surface area (Å²) >= 11 is 0. The summed E-state index contributed by atoms with van der Waals surface area (Å²) in [4.78, 5) is 37.6. The number of carbonyl (C=O) groups is 3. The van der Waals surface area contributed by atoms with E-state index in [9.17, 15) is 14.4 Å². The highest BCUT2D eigenvalue weighted by atomic mass is 16.6. The lowest BCUT2D eigenvalue weighted by atomic mass is 10.2. The van der Waals surface area contributed by atoms with Gasteiger partial charge >= 0.3 is 18.3 Å². The number of allylic oxidation sites excluding steroid dienone is 7. The van der Waals surface area contributed by atoms with Gasteiger partial charge in [0.25, 0.3) is 0 Å².